The van der Waals surface area contributed by atoms with E-state index in [0.717, 1.165) is 0 Å². The molecule has 1 saturated heterocycles. The number of carbonyl (C=O) groups is 1. The molecule has 0 saturated carbocycles. The summed E-state index contributed by atoms with van der Waals surface area (Å²) in [6, 6.07) is 8.68. The van der Waals surface area contributed by atoms with Gasteiger partial charge in [-0.05, 0) is 44.2 Å². The highest BCUT2D eigenvalue weighted by atomic mass is 35.5. The number of carbonyl (C=O) groups excluding carboxylic acids is 1. The fourth-order valence-electron chi connectivity index (χ4n) is 3.09. The van der Waals surface area contributed by atoms with Crippen LogP contribution < -0.4 is 5.32 Å². The van der Waals surface area contributed by atoms with Crippen molar-refractivity contribution in [2.24, 2.45) is 0 Å². The number of sulfonamides is 1. The van der Waals surface area contributed by atoms with Crippen LogP contribution in [-0.2, 0) is 14.8 Å². The van der Waals surface area contributed by atoms with Crippen LogP contribution in [0.25, 0.3) is 0 Å². The molecule has 0 spiro atoms. The predicted octanol–water partition coefficient (Wildman–Crippen LogP) is 4.70. The van der Waals surface area contributed by atoms with Crippen LogP contribution in [0.4, 0.5) is 5.69 Å². The maximum absolute atomic E-state index is 13.0. The van der Waals surface area contributed by atoms with Crippen LogP contribution in [0.5, 0.6) is 0 Å². The van der Waals surface area contributed by atoms with E-state index in [4.69, 9.17) is 39.5 Å². The maximum Gasteiger partial charge on any atom is 0.255 e. The van der Waals surface area contributed by atoms with E-state index in [-0.39, 0.29) is 56.5 Å². The normalized spacial score (nSPS) is 20.4. The van der Waals surface area contributed by atoms with Crippen molar-refractivity contribution in [1.82, 2.24) is 4.31 Å². The van der Waals surface area contributed by atoms with E-state index in [1.807, 2.05) is 13.8 Å². The highest BCUT2D eigenvalue weighted by molar-refractivity contribution is 7.89. The van der Waals surface area contributed by atoms with E-state index >= 15 is 0 Å². The Bertz CT molecular complexity index is 1040. The van der Waals surface area contributed by atoms with Crippen LogP contribution in [0, 0.1) is 0 Å². The molecule has 2 aromatic carbocycles. The van der Waals surface area contributed by atoms with E-state index in [0.29, 0.717) is 0 Å². The largest absolute Gasteiger partial charge is 0.373 e. The zero-order valence-corrected chi connectivity index (χ0v) is 18.7. The van der Waals surface area contributed by atoms with Crippen LogP contribution in [0.1, 0.15) is 24.2 Å². The van der Waals surface area contributed by atoms with Crippen molar-refractivity contribution < 1.29 is 17.9 Å². The Hall–Kier alpha value is -1.35. The van der Waals surface area contributed by atoms with Crippen molar-refractivity contribution in [2.45, 2.75) is 31.0 Å². The van der Waals surface area contributed by atoms with Gasteiger partial charge in [0, 0.05) is 18.7 Å². The summed E-state index contributed by atoms with van der Waals surface area (Å²) in [4.78, 5) is 12.7. The summed E-state index contributed by atoms with van der Waals surface area (Å²) >= 11 is 18.0. The number of hydrogen-bond donors (Lipinski definition) is 1. The number of nitrogens with one attached hydrogen (secondary N) is 1. The van der Waals surface area contributed by atoms with Gasteiger partial charge >= 0.3 is 0 Å². The molecule has 6 nitrogen and oxygen atoms in total. The molecule has 10 heteroatoms. The number of rotatable bonds is 4. The molecule has 3 rings (SSSR count). The molecule has 2 atom stereocenters. The van der Waals surface area contributed by atoms with Crippen molar-refractivity contribution >= 4 is 56.4 Å². The molecule has 2 aromatic rings. The first kappa shape index (κ1) is 22.3. The minimum atomic E-state index is -3.77. The van der Waals surface area contributed by atoms with Gasteiger partial charge < -0.3 is 10.1 Å². The van der Waals surface area contributed by atoms with Gasteiger partial charge in [0.1, 0.15) is 0 Å². The molecule has 1 amide bonds. The summed E-state index contributed by atoms with van der Waals surface area (Å²) in [6.45, 7) is 4.15. The summed E-state index contributed by atoms with van der Waals surface area (Å²) < 4.78 is 33.0. The maximum atomic E-state index is 13.0. The van der Waals surface area contributed by atoms with Crippen LogP contribution in [0.2, 0.25) is 15.1 Å². The minimum absolute atomic E-state index is 0.0340. The fourth-order valence-corrected chi connectivity index (χ4v) is 5.32. The van der Waals surface area contributed by atoms with E-state index in [2.05, 4.69) is 5.32 Å². The summed E-state index contributed by atoms with van der Waals surface area (Å²) in [5.74, 6) is -0.522. The number of halogens is 3. The van der Waals surface area contributed by atoms with E-state index in [1.165, 1.54) is 40.7 Å². The number of morpholine rings is 1. The first-order chi connectivity index (χ1) is 13.6. The van der Waals surface area contributed by atoms with Crippen LogP contribution in [0.3, 0.4) is 0 Å². The van der Waals surface area contributed by atoms with Gasteiger partial charge in [0.05, 0.1) is 37.9 Å². The van der Waals surface area contributed by atoms with Crippen molar-refractivity contribution in [2.75, 3.05) is 18.4 Å². The van der Waals surface area contributed by atoms with Crippen molar-refractivity contribution in [3.8, 4) is 0 Å². The average Bonchev–Trinajstić information content (AvgIpc) is 2.65. The van der Waals surface area contributed by atoms with Crippen LogP contribution in [0.15, 0.2) is 41.3 Å². The molecule has 1 N–H and O–H groups in total. The zero-order valence-electron chi connectivity index (χ0n) is 15.7. The molecule has 156 valence electrons. The van der Waals surface area contributed by atoms with Crippen molar-refractivity contribution in [3.63, 3.8) is 0 Å². The molecule has 0 radical (unpaired) electrons. The first-order valence-corrected chi connectivity index (χ1v) is 11.4. The number of nitrogens with zero attached hydrogens (tertiary/aromatic N) is 1. The third-order valence-electron chi connectivity index (χ3n) is 4.38. The van der Waals surface area contributed by atoms with Crippen LogP contribution in [-0.4, -0.2) is 43.9 Å². The molecule has 1 aliphatic heterocycles. The lowest BCUT2D eigenvalue weighted by atomic mass is 10.2. The van der Waals surface area contributed by atoms with Gasteiger partial charge in [-0.25, -0.2) is 8.42 Å². The van der Waals surface area contributed by atoms with Crippen molar-refractivity contribution in [1.29, 1.82) is 0 Å². The number of ether oxygens (including phenoxy) is 1. The van der Waals surface area contributed by atoms with Crippen molar-refractivity contribution in [3.05, 3.63) is 57.0 Å². The van der Waals surface area contributed by atoms with E-state index < -0.39 is 15.9 Å². The second-order valence-corrected chi connectivity index (χ2v) is 9.97. The smallest absolute Gasteiger partial charge is 0.255 e. The lowest BCUT2D eigenvalue weighted by Gasteiger charge is -2.34. The fraction of sp³-hybridized carbons (Fsp3) is 0.316. The summed E-state index contributed by atoms with van der Waals surface area (Å²) in [7, 11) is -3.77. The number of amides is 1. The minimum Gasteiger partial charge on any atom is -0.373 e. The lowest BCUT2D eigenvalue weighted by Crippen LogP contribution is -2.48. The molecule has 1 heterocycles. The molecular weight excluding hydrogens is 459 g/mol. The van der Waals surface area contributed by atoms with Gasteiger partial charge in [-0.1, -0.05) is 40.9 Å². The van der Waals surface area contributed by atoms with Gasteiger partial charge in [0.2, 0.25) is 10.0 Å². The predicted molar refractivity (Wildman–Crippen MR) is 115 cm³/mol. The average molecular weight is 478 g/mol. The van der Waals surface area contributed by atoms with Gasteiger partial charge in [-0.3, -0.25) is 4.79 Å². The lowest BCUT2D eigenvalue weighted by molar-refractivity contribution is -0.0440. The Morgan fingerprint density at radius 1 is 1.03 bits per heavy atom. The Kier molecular flexibility index (Phi) is 6.77. The quantitative estimate of drug-likeness (QED) is 0.648. The Morgan fingerprint density at radius 3 is 2.31 bits per heavy atom. The first-order valence-electron chi connectivity index (χ1n) is 8.79. The molecule has 0 aromatic heterocycles. The second-order valence-electron chi connectivity index (χ2n) is 6.81. The zero-order chi connectivity index (χ0) is 21.3. The number of anilines is 1. The van der Waals surface area contributed by atoms with Gasteiger partial charge in [-0.2, -0.15) is 4.31 Å². The molecule has 1 fully saturated rings. The topological polar surface area (TPSA) is 75.7 Å². The van der Waals surface area contributed by atoms with E-state index in [1.54, 1.807) is 0 Å². The second kappa shape index (κ2) is 8.79. The third-order valence-corrected chi connectivity index (χ3v) is 7.24. The SMILES string of the molecule is CC1CN(S(=O)(=O)c2cccc(C(=O)Nc3cc(Cl)c(Cl)cc3Cl)c2)CC(C)O1. The number of hydrogen-bond acceptors (Lipinski definition) is 4. The van der Waals surface area contributed by atoms with E-state index in [9.17, 15) is 13.2 Å². The standard InChI is InChI=1S/C19H19Cl3N2O4S/c1-11-9-24(10-12(2)28-11)29(26,27)14-5-3-4-13(6-14)19(25)23-18-8-16(21)15(20)7-17(18)22/h3-8,11-12H,9-10H2,1-2H3,(H,23,25). The molecule has 0 bridgehead atoms. The molecule has 1 aliphatic rings. The van der Waals surface area contributed by atoms with Crippen LogP contribution >= 0.6 is 34.8 Å². The van der Waals surface area contributed by atoms with Gasteiger partial charge in [-0.15, -0.1) is 0 Å². The highest BCUT2D eigenvalue weighted by Gasteiger charge is 2.32. The third kappa shape index (κ3) is 5.05. The Balaban J connectivity index is 1.85. The van der Waals surface area contributed by atoms with Gasteiger partial charge in [0.15, 0.2) is 0 Å². The molecule has 2 unspecified atom stereocenters. The molecular formula is C19H19Cl3N2O4S. The summed E-state index contributed by atoms with van der Waals surface area (Å²) in [5, 5.41) is 3.34. The Labute approximate surface area is 184 Å². The van der Waals surface area contributed by atoms with Gasteiger partial charge in [0.25, 0.3) is 5.91 Å². The molecule has 29 heavy (non-hydrogen) atoms. The Morgan fingerprint density at radius 2 is 1.66 bits per heavy atom. The molecule has 0 aliphatic carbocycles. The number of benzene rings is 2. The summed E-state index contributed by atoms with van der Waals surface area (Å²) in [6.07, 6.45) is -0.423. The highest BCUT2D eigenvalue weighted by Crippen LogP contribution is 2.32. The summed E-state index contributed by atoms with van der Waals surface area (Å²) in [5.41, 5.74) is 0.442. The monoisotopic (exact) mass is 476 g/mol.